The molecule has 1 aromatic rings. The number of hydrogen-bond donors (Lipinski definition) is 1. The molecular formula is C16H23ClN2O3. The van der Waals surface area contributed by atoms with Crippen molar-refractivity contribution >= 4 is 23.5 Å². The van der Waals surface area contributed by atoms with Gasteiger partial charge in [-0.05, 0) is 37.8 Å². The van der Waals surface area contributed by atoms with Crippen LogP contribution < -0.4 is 5.32 Å². The first-order valence-electron chi connectivity index (χ1n) is 7.08. The number of aromatic nitrogens is 1. The van der Waals surface area contributed by atoms with Crippen molar-refractivity contribution in [2.75, 3.05) is 6.61 Å². The molecule has 0 aliphatic rings. The molecule has 1 amide bonds. The van der Waals surface area contributed by atoms with Crippen molar-refractivity contribution in [3.05, 3.63) is 29.0 Å². The molecule has 0 saturated heterocycles. The summed E-state index contributed by atoms with van der Waals surface area (Å²) in [7, 11) is 0. The van der Waals surface area contributed by atoms with E-state index >= 15 is 0 Å². The second-order valence-corrected chi connectivity index (χ2v) is 7.50. The van der Waals surface area contributed by atoms with Crippen LogP contribution in [0, 0.1) is 5.41 Å². The zero-order valence-corrected chi connectivity index (χ0v) is 14.5. The molecule has 1 heterocycles. The lowest BCUT2D eigenvalue weighted by Crippen LogP contribution is -2.47. The number of carbonyl (C=O) groups excluding carboxylic acids is 2. The molecule has 0 aliphatic heterocycles. The Morgan fingerprint density at radius 3 is 2.36 bits per heavy atom. The third-order valence-electron chi connectivity index (χ3n) is 2.75. The van der Waals surface area contributed by atoms with Crippen LogP contribution in [0.2, 0.25) is 5.15 Å². The Morgan fingerprint density at radius 2 is 1.86 bits per heavy atom. The summed E-state index contributed by atoms with van der Waals surface area (Å²) in [6.07, 6.45) is 2.12. The van der Waals surface area contributed by atoms with E-state index in [1.807, 2.05) is 13.8 Å². The van der Waals surface area contributed by atoms with E-state index in [1.54, 1.807) is 0 Å². The fourth-order valence-corrected chi connectivity index (χ4v) is 2.61. The SMILES string of the molecule is CC(C)(C)CC(C)(C)NC(=O)COC(=O)c1ccc(Cl)nc1. The average Bonchev–Trinajstić information content (AvgIpc) is 2.33. The van der Waals surface area contributed by atoms with Crippen LogP contribution >= 0.6 is 11.6 Å². The van der Waals surface area contributed by atoms with Gasteiger partial charge in [0.05, 0.1) is 5.56 Å². The second kappa shape index (κ2) is 7.09. The quantitative estimate of drug-likeness (QED) is 0.666. The summed E-state index contributed by atoms with van der Waals surface area (Å²) >= 11 is 5.64. The van der Waals surface area contributed by atoms with Crippen molar-refractivity contribution in [3.8, 4) is 0 Å². The van der Waals surface area contributed by atoms with Gasteiger partial charge in [0.1, 0.15) is 5.15 Å². The first-order valence-corrected chi connectivity index (χ1v) is 7.46. The van der Waals surface area contributed by atoms with Crippen molar-refractivity contribution in [2.45, 2.75) is 46.6 Å². The Hall–Kier alpha value is -1.62. The van der Waals surface area contributed by atoms with Gasteiger partial charge in [0.2, 0.25) is 0 Å². The van der Waals surface area contributed by atoms with E-state index < -0.39 is 5.97 Å². The molecule has 0 saturated carbocycles. The highest BCUT2D eigenvalue weighted by atomic mass is 35.5. The number of carbonyl (C=O) groups is 2. The fourth-order valence-electron chi connectivity index (χ4n) is 2.49. The first kappa shape index (κ1) is 18.4. The highest BCUT2D eigenvalue weighted by Gasteiger charge is 2.27. The molecule has 0 unspecified atom stereocenters. The second-order valence-electron chi connectivity index (χ2n) is 7.12. The monoisotopic (exact) mass is 326 g/mol. The lowest BCUT2D eigenvalue weighted by molar-refractivity contribution is -0.126. The average molecular weight is 327 g/mol. The lowest BCUT2D eigenvalue weighted by Gasteiger charge is -2.33. The van der Waals surface area contributed by atoms with E-state index in [9.17, 15) is 9.59 Å². The standard InChI is InChI=1S/C16H23ClN2O3/c1-15(2,3)10-16(4,5)19-13(20)9-22-14(21)11-6-7-12(17)18-8-11/h6-8H,9-10H2,1-5H3,(H,19,20). The Balaban J connectivity index is 2.49. The van der Waals surface area contributed by atoms with Gasteiger partial charge >= 0.3 is 5.97 Å². The van der Waals surface area contributed by atoms with Gasteiger partial charge in [-0.15, -0.1) is 0 Å². The van der Waals surface area contributed by atoms with Crippen molar-refractivity contribution in [2.24, 2.45) is 5.41 Å². The summed E-state index contributed by atoms with van der Waals surface area (Å²) < 4.78 is 4.97. The molecule has 0 bridgehead atoms. The van der Waals surface area contributed by atoms with Crippen LogP contribution in [0.25, 0.3) is 0 Å². The number of halogens is 1. The van der Waals surface area contributed by atoms with Crippen LogP contribution in [0.5, 0.6) is 0 Å². The Labute approximate surface area is 136 Å². The maximum atomic E-state index is 11.9. The van der Waals surface area contributed by atoms with Crippen LogP contribution in [0.1, 0.15) is 51.4 Å². The highest BCUT2D eigenvalue weighted by molar-refractivity contribution is 6.29. The molecule has 0 atom stereocenters. The van der Waals surface area contributed by atoms with E-state index in [4.69, 9.17) is 16.3 Å². The van der Waals surface area contributed by atoms with Crippen molar-refractivity contribution in [3.63, 3.8) is 0 Å². The van der Waals surface area contributed by atoms with Crippen molar-refractivity contribution in [1.29, 1.82) is 0 Å². The molecule has 0 aromatic carbocycles. The molecular weight excluding hydrogens is 304 g/mol. The number of pyridine rings is 1. The summed E-state index contributed by atoms with van der Waals surface area (Å²) in [5, 5.41) is 3.17. The number of amides is 1. The minimum absolute atomic E-state index is 0.0857. The predicted octanol–water partition coefficient (Wildman–Crippen LogP) is 3.22. The molecule has 1 rings (SSSR count). The minimum Gasteiger partial charge on any atom is -0.452 e. The van der Waals surface area contributed by atoms with Crippen molar-refractivity contribution in [1.82, 2.24) is 10.3 Å². The third-order valence-corrected chi connectivity index (χ3v) is 2.97. The van der Waals surface area contributed by atoms with Gasteiger partial charge in [-0.25, -0.2) is 9.78 Å². The van der Waals surface area contributed by atoms with E-state index in [2.05, 4.69) is 31.1 Å². The number of nitrogens with zero attached hydrogens (tertiary/aromatic N) is 1. The predicted molar refractivity (Wildman–Crippen MR) is 85.8 cm³/mol. The number of ether oxygens (including phenoxy) is 1. The van der Waals surface area contributed by atoms with Gasteiger partial charge in [-0.3, -0.25) is 4.79 Å². The molecule has 1 N–H and O–H groups in total. The van der Waals surface area contributed by atoms with Crippen LogP contribution in [0.3, 0.4) is 0 Å². The molecule has 5 nitrogen and oxygen atoms in total. The van der Waals surface area contributed by atoms with Gasteiger partial charge in [-0.1, -0.05) is 32.4 Å². The summed E-state index contributed by atoms with van der Waals surface area (Å²) in [5.74, 6) is -0.933. The maximum absolute atomic E-state index is 11.9. The van der Waals surface area contributed by atoms with E-state index in [1.165, 1.54) is 18.3 Å². The Kier molecular flexibility index (Phi) is 5.94. The zero-order valence-electron chi connectivity index (χ0n) is 13.7. The maximum Gasteiger partial charge on any atom is 0.340 e. The first-order chi connectivity index (χ1) is 9.98. The molecule has 0 radical (unpaired) electrons. The minimum atomic E-state index is -0.604. The topological polar surface area (TPSA) is 68.3 Å². The summed E-state index contributed by atoms with van der Waals surface area (Å²) in [6.45, 7) is 9.88. The summed E-state index contributed by atoms with van der Waals surface area (Å²) in [4.78, 5) is 27.5. The zero-order chi connectivity index (χ0) is 17.0. The molecule has 0 aliphatic carbocycles. The summed E-state index contributed by atoms with van der Waals surface area (Å²) in [5.41, 5.74) is -0.0300. The summed E-state index contributed by atoms with van der Waals surface area (Å²) in [6, 6.07) is 2.99. The van der Waals surface area contributed by atoms with E-state index in [0.717, 1.165) is 6.42 Å². The number of rotatable bonds is 5. The molecule has 0 fully saturated rings. The fraction of sp³-hybridized carbons (Fsp3) is 0.562. The Bertz CT molecular complexity index is 533. The number of esters is 1. The van der Waals surface area contributed by atoms with Crippen LogP contribution in [-0.2, 0) is 9.53 Å². The molecule has 122 valence electrons. The molecule has 22 heavy (non-hydrogen) atoms. The molecule has 1 aromatic heterocycles. The van der Waals surface area contributed by atoms with Crippen LogP contribution in [0.15, 0.2) is 18.3 Å². The smallest absolute Gasteiger partial charge is 0.340 e. The lowest BCUT2D eigenvalue weighted by atomic mass is 9.82. The number of nitrogens with one attached hydrogen (secondary N) is 1. The van der Waals surface area contributed by atoms with E-state index in [-0.39, 0.29) is 29.0 Å². The van der Waals surface area contributed by atoms with Crippen LogP contribution in [-0.4, -0.2) is 29.0 Å². The van der Waals surface area contributed by atoms with Gasteiger partial charge in [0, 0.05) is 11.7 Å². The van der Waals surface area contributed by atoms with Crippen molar-refractivity contribution < 1.29 is 14.3 Å². The van der Waals surface area contributed by atoms with E-state index in [0.29, 0.717) is 5.15 Å². The van der Waals surface area contributed by atoms with Gasteiger partial charge < -0.3 is 10.1 Å². The largest absolute Gasteiger partial charge is 0.452 e. The normalized spacial score (nSPS) is 11.9. The molecule has 0 spiro atoms. The van der Waals surface area contributed by atoms with Gasteiger partial charge in [0.25, 0.3) is 5.91 Å². The van der Waals surface area contributed by atoms with Crippen LogP contribution in [0.4, 0.5) is 0 Å². The third kappa shape index (κ3) is 6.89. The number of hydrogen-bond acceptors (Lipinski definition) is 4. The van der Waals surface area contributed by atoms with Gasteiger partial charge in [-0.2, -0.15) is 0 Å². The van der Waals surface area contributed by atoms with Gasteiger partial charge in [0.15, 0.2) is 6.61 Å². The molecule has 6 heteroatoms. The Morgan fingerprint density at radius 1 is 1.23 bits per heavy atom. The highest BCUT2D eigenvalue weighted by Crippen LogP contribution is 2.26.